The van der Waals surface area contributed by atoms with Crippen molar-refractivity contribution in [3.05, 3.63) is 51.7 Å². The second-order valence-electron chi connectivity index (χ2n) is 9.49. The Labute approximate surface area is 195 Å². The van der Waals surface area contributed by atoms with Crippen molar-refractivity contribution in [1.29, 1.82) is 0 Å². The summed E-state index contributed by atoms with van der Waals surface area (Å²) >= 11 is 1.75. The van der Waals surface area contributed by atoms with E-state index in [1.165, 1.54) is 16.0 Å². The molecule has 2 aromatic rings. The van der Waals surface area contributed by atoms with Gasteiger partial charge in [-0.2, -0.15) is 0 Å². The lowest BCUT2D eigenvalue weighted by molar-refractivity contribution is -0.143. The molecule has 1 aliphatic carbocycles. The smallest absolute Gasteiger partial charge is 0.242 e. The van der Waals surface area contributed by atoms with Gasteiger partial charge in [-0.3, -0.25) is 9.59 Å². The third kappa shape index (κ3) is 5.52. The molecule has 0 bridgehead atoms. The summed E-state index contributed by atoms with van der Waals surface area (Å²) in [5.41, 5.74) is 2.37. The molecule has 1 aliphatic heterocycles. The second kappa shape index (κ2) is 10.1. The molecule has 2 amide bonds. The Hall–Kier alpha value is -2.34. The van der Waals surface area contributed by atoms with E-state index in [1.54, 1.807) is 16.2 Å². The maximum atomic E-state index is 13.5. The van der Waals surface area contributed by atoms with Gasteiger partial charge in [0.2, 0.25) is 11.8 Å². The number of carbonyl (C=O) groups is 2. The molecule has 1 unspecified atom stereocenters. The first kappa shape index (κ1) is 22.8. The first-order valence-corrected chi connectivity index (χ1v) is 12.6. The van der Waals surface area contributed by atoms with Crippen molar-refractivity contribution in [3.63, 3.8) is 0 Å². The Bertz CT molecular complexity index is 933. The molecule has 1 saturated carbocycles. The lowest BCUT2D eigenvalue weighted by Gasteiger charge is -2.37. The molecule has 6 heteroatoms. The molecule has 0 saturated heterocycles. The molecular formula is C26H34N2O3S. The van der Waals surface area contributed by atoms with Crippen molar-refractivity contribution in [3.8, 4) is 5.75 Å². The van der Waals surface area contributed by atoms with Gasteiger partial charge in [-0.15, -0.1) is 11.3 Å². The number of nitrogens with zero attached hydrogens (tertiary/aromatic N) is 2. The van der Waals surface area contributed by atoms with E-state index in [2.05, 4.69) is 32.2 Å². The number of hydrogen-bond acceptors (Lipinski definition) is 4. The van der Waals surface area contributed by atoms with E-state index in [-0.39, 0.29) is 30.3 Å². The number of amides is 2. The van der Waals surface area contributed by atoms with Crippen LogP contribution in [-0.4, -0.2) is 47.9 Å². The Morgan fingerprint density at radius 3 is 2.62 bits per heavy atom. The minimum absolute atomic E-state index is 0.0251. The minimum atomic E-state index is -0.123. The molecule has 0 N–H and O–H groups in total. The van der Waals surface area contributed by atoms with E-state index in [9.17, 15) is 9.59 Å². The molecule has 0 radical (unpaired) electrons. The quantitative estimate of drug-likeness (QED) is 0.544. The molecule has 0 spiro atoms. The van der Waals surface area contributed by atoms with Crippen LogP contribution in [0.1, 0.15) is 55.2 Å². The molecule has 5 nitrogen and oxygen atoms in total. The summed E-state index contributed by atoms with van der Waals surface area (Å²) in [7, 11) is 0. The van der Waals surface area contributed by atoms with Gasteiger partial charge in [-0.25, -0.2) is 0 Å². The Morgan fingerprint density at radius 1 is 1.19 bits per heavy atom. The zero-order chi connectivity index (χ0) is 22.7. The van der Waals surface area contributed by atoms with Gasteiger partial charge in [0.05, 0.1) is 12.6 Å². The van der Waals surface area contributed by atoms with E-state index in [0.717, 1.165) is 31.4 Å². The van der Waals surface area contributed by atoms with E-state index in [0.29, 0.717) is 25.6 Å². The number of carbonyl (C=O) groups excluding carboxylic acids is 2. The summed E-state index contributed by atoms with van der Waals surface area (Å²) in [6.45, 7) is 8.27. The summed E-state index contributed by atoms with van der Waals surface area (Å²) in [5, 5.41) is 2.10. The number of hydrogen-bond donors (Lipinski definition) is 0. The number of benzene rings is 1. The lowest BCUT2D eigenvalue weighted by atomic mass is 10.00. The maximum absolute atomic E-state index is 13.5. The Morgan fingerprint density at radius 2 is 1.94 bits per heavy atom. The van der Waals surface area contributed by atoms with Crippen LogP contribution in [0.25, 0.3) is 0 Å². The highest BCUT2D eigenvalue weighted by Crippen LogP contribution is 2.35. The first-order valence-electron chi connectivity index (χ1n) is 11.8. The molecule has 1 aromatic heterocycles. The zero-order valence-electron chi connectivity index (χ0n) is 19.4. The predicted octanol–water partition coefficient (Wildman–Crippen LogP) is 4.85. The fraction of sp³-hybridized carbons (Fsp3) is 0.538. The summed E-state index contributed by atoms with van der Waals surface area (Å²) in [6.07, 6.45) is 3.70. The van der Waals surface area contributed by atoms with Crippen LogP contribution < -0.4 is 4.74 Å². The molecule has 2 heterocycles. The maximum Gasteiger partial charge on any atom is 0.242 e. The van der Waals surface area contributed by atoms with Gasteiger partial charge in [-0.05, 0) is 67.7 Å². The van der Waals surface area contributed by atoms with Crippen molar-refractivity contribution in [2.75, 3.05) is 26.2 Å². The number of ether oxygens (including phenoxy) is 1. The summed E-state index contributed by atoms with van der Waals surface area (Å²) < 4.78 is 6.12. The van der Waals surface area contributed by atoms with E-state index >= 15 is 0 Å². The van der Waals surface area contributed by atoms with E-state index < -0.39 is 0 Å². The van der Waals surface area contributed by atoms with Crippen LogP contribution in [0.5, 0.6) is 5.75 Å². The molecule has 172 valence electrons. The number of fused-ring (bicyclic) bond motifs is 1. The van der Waals surface area contributed by atoms with Crippen molar-refractivity contribution in [1.82, 2.24) is 9.80 Å². The van der Waals surface area contributed by atoms with Crippen LogP contribution in [0.3, 0.4) is 0 Å². The van der Waals surface area contributed by atoms with Gasteiger partial charge in [0.15, 0.2) is 0 Å². The van der Waals surface area contributed by atoms with Crippen LogP contribution in [-0.2, 0) is 16.0 Å². The van der Waals surface area contributed by atoms with Crippen LogP contribution in [0.15, 0.2) is 35.7 Å². The van der Waals surface area contributed by atoms with Crippen molar-refractivity contribution >= 4 is 23.2 Å². The molecule has 4 rings (SSSR count). The topological polar surface area (TPSA) is 49.9 Å². The van der Waals surface area contributed by atoms with Gasteiger partial charge in [-0.1, -0.05) is 31.5 Å². The average Bonchev–Trinajstić information content (AvgIpc) is 3.52. The minimum Gasteiger partial charge on any atom is -0.491 e. The highest BCUT2D eigenvalue weighted by Gasteiger charge is 2.37. The van der Waals surface area contributed by atoms with E-state index in [4.69, 9.17) is 4.74 Å². The highest BCUT2D eigenvalue weighted by atomic mass is 32.1. The zero-order valence-corrected chi connectivity index (χ0v) is 20.2. The number of thiophene rings is 1. The van der Waals surface area contributed by atoms with Gasteiger partial charge in [0.1, 0.15) is 12.4 Å². The Kier molecular flexibility index (Phi) is 7.19. The number of rotatable bonds is 9. The van der Waals surface area contributed by atoms with Crippen molar-refractivity contribution in [2.45, 2.75) is 52.5 Å². The third-order valence-electron chi connectivity index (χ3n) is 6.38. The molecule has 2 aliphatic rings. The third-order valence-corrected chi connectivity index (χ3v) is 7.38. The monoisotopic (exact) mass is 454 g/mol. The van der Waals surface area contributed by atoms with Crippen LogP contribution in [0.2, 0.25) is 0 Å². The van der Waals surface area contributed by atoms with Crippen molar-refractivity contribution in [2.24, 2.45) is 11.8 Å². The Balaban J connectivity index is 1.47. The SMILES string of the molecule is Cc1ccc(OCC2c3ccsc3CCN2C(=O)CN(CCC(C)C)C(=O)C2CC2)cc1. The van der Waals surface area contributed by atoms with Crippen LogP contribution in [0.4, 0.5) is 0 Å². The predicted molar refractivity (Wildman–Crippen MR) is 128 cm³/mol. The first-order chi connectivity index (χ1) is 15.4. The molecular weight excluding hydrogens is 420 g/mol. The fourth-order valence-corrected chi connectivity index (χ4v) is 5.14. The van der Waals surface area contributed by atoms with Crippen molar-refractivity contribution < 1.29 is 14.3 Å². The van der Waals surface area contributed by atoms with Gasteiger partial charge >= 0.3 is 0 Å². The summed E-state index contributed by atoms with van der Waals surface area (Å²) in [4.78, 5) is 31.4. The molecule has 32 heavy (non-hydrogen) atoms. The molecule has 1 aromatic carbocycles. The second-order valence-corrected chi connectivity index (χ2v) is 10.5. The lowest BCUT2D eigenvalue weighted by Crippen LogP contribution is -2.48. The number of aryl methyl sites for hydroxylation is 1. The van der Waals surface area contributed by atoms with Crippen LogP contribution >= 0.6 is 11.3 Å². The normalized spacial score (nSPS) is 17.9. The highest BCUT2D eigenvalue weighted by molar-refractivity contribution is 7.10. The van der Waals surface area contributed by atoms with E-state index in [1.807, 2.05) is 29.2 Å². The molecule has 1 fully saturated rings. The summed E-state index contributed by atoms with van der Waals surface area (Å²) in [5.74, 6) is 1.61. The van der Waals surface area contributed by atoms with Crippen LogP contribution in [0, 0.1) is 18.8 Å². The molecule has 1 atom stereocenters. The van der Waals surface area contributed by atoms with Gasteiger partial charge in [0.25, 0.3) is 0 Å². The largest absolute Gasteiger partial charge is 0.491 e. The average molecular weight is 455 g/mol. The van der Waals surface area contributed by atoms with Gasteiger partial charge in [0, 0.05) is 23.9 Å². The summed E-state index contributed by atoms with van der Waals surface area (Å²) in [6, 6.07) is 10.0. The fourth-order valence-electron chi connectivity index (χ4n) is 4.21. The standard InChI is InChI=1S/C26H34N2O3S/c1-18(2)10-13-27(26(30)20-6-7-20)16-25(29)28-14-11-24-22(12-15-32-24)23(28)17-31-21-8-4-19(3)5-9-21/h4-5,8-9,12,15,18,20,23H,6-7,10-11,13-14,16-17H2,1-3H3. The van der Waals surface area contributed by atoms with Gasteiger partial charge < -0.3 is 14.5 Å².